The number of benzene rings is 1. The van der Waals surface area contributed by atoms with Crippen LogP contribution in [0.3, 0.4) is 0 Å². The zero-order valence-electron chi connectivity index (χ0n) is 10.9. The minimum absolute atomic E-state index is 0.770. The van der Waals surface area contributed by atoms with Crippen LogP contribution in [-0.2, 0) is 6.54 Å². The van der Waals surface area contributed by atoms with Gasteiger partial charge >= 0.3 is 0 Å². The molecule has 0 radical (unpaired) electrons. The van der Waals surface area contributed by atoms with Gasteiger partial charge in [0.05, 0.1) is 14.2 Å². The van der Waals surface area contributed by atoms with Crippen LogP contribution < -0.4 is 14.8 Å². The Hall–Kier alpha value is -1.48. The SMILES string of the molecule is C=C(CC)CNCc1ccc(OC)cc1OC. The van der Waals surface area contributed by atoms with Gasteiger partial charge in [-0.15, -0.1) is 0 Å². The lowest BCUT2D eigenvalue weighted by molar-refractivity contribution is 0.390. The molecule has 3 heteroatoms. The quantitative estimate of drug-likeness (QED) is 0.737. The maximum Gasteiger partial charge on any atom is 0.127 e. The predicted octanol–water partition coefficient (Wildman–Crippen LogP) is 2.76. The lowest BCUT2D eigenvalue weighted by Crippen LogP contribution is -2.16. The van der Waals surface area contributed by atoms with Gasteiger partial charge in [0.1, 0.15) is 11.5 Å². The number of nitrogens with one attached hydrogen (secondary N) is 1. The molecule has 0 saturated carbocycles. The Bertz CT molecular complexity index is 374. The van der Waals surface area contributed by atoms with E-state index in [9.17, 15) is 0 Å². The van der Waals surface area contributed by atoms with Crippen LogP contribution in [0.5, 0.6) is 11.5 Å². The van der Waals surface area contributed by atoms with E-state index in [0.717, 1.165) is 36.6 Å². The highest BCUT2D eigenvalue weighted by atomic mass is 16.5. The second-order valence-corrected chi connectivity index (χ2v) is 3.88. The molecular weight excluding hydrogens is 214 g/mol. The smallest absolute Gasteiger partial charge is 0.127 e. The molecule has 1 aromatic rings. The van der Waals surface area contributed by atoms with Gasteiger partial charge in [0.15, 0.2) is 0 Å². The summed E-state index contributed by atoms with van der Waals surface area (Å²) < 4.78 is 10.5. The maximum atomic E-state index is 5.33. The van der Waals surface area contributed by atoms with Gasteiger partial charge in [0, 0.05) is 24.7 Å². The second-order valence-electron chi connectivity index (χ2n) is 3.88. The highest BCUT2D eigenvalue weighted by Gasteiger charge is 2.04. The summed E-state index contributed by atoms with van der Waals surface area (Å²) in [6.45, 7) is 7.68. The molecule has 0 aliphatic carbocycles. The molecule has 0 aromatic heterocycles. The lowest BCUT2D eigenvalue weighted by Gasteiger charge is -2.11. The summed E-state index contributed by atoms with van der Waals surface area (Å²) in [7, 11) is 3.32. The van der Waals surface area contributed by atoms with Crippen molar-refractivity contribution in [2.24, 2.45) is 0 Å². The third kappa shape index (κ3) is 4.11. The minimum atomic E-state index is 0.770. The van der Waals surface area contributed by atoms with Crippen molar-refractivity contribution in [3.63, 3.8) is 0 Å². The van der Waals surface area contributed by atoms with Gasteiger partial charge < -0.3 is 14.8 Å². The first-order chi connectivity index (χ1) is 8.21. The molecule has 17 heavy (non-hydrogen) atoms. The lowest BCUT2D eigenvalue weighted by atomic mass is 10.1. The van der Waals surface area contributed by atoms with Gasteiger partial charge in [-0.05, 0) is 12.5 Å². The molecule has 1 rings (SSSR count). The zero-order valence-corrected chi connectivity index (χ0v) is 10.9. The fourth-order valence-corrected chi connectivity index (χ4v) is 1.50. The molecule has 0 saturated heterocycles. The molecule has 0 aliphatic rings. The molecule has 94 valence electrons. The van der Waals surface area contributed by atoms with Crippen LogP contribution in [0, 0.1) is 0 Å². The van der Waals surface area contributed by atoms with Crippen LogP contribution in [0.25, 0.3) is 0 Å². The molecule has 0 aliphatic heterocycles. The van der Waals surface area contributed by atoms with Crippen LogP contribution >= 0.6 is 0 Å². The molecular formula is C14H21NO2. The van der Waals surface area contributed by atoms with Crippen LogP contribution in [0.4, 0.5) is 0 Å². The Morgan fingerprint density at radius 2 is 2.06 bits per heavy atom. The topological polar surface area (TPSA) is 30.5 Å². The van der Waals surface area contributed by atoms with Crippen LogP contribution in [0.1, 0.15) is 18.9 Å². The van der Waals surface area contributed by atoms with Crippen LogP contribution in [-0.4, -0.2) is 20.8 Å². The van der Waals surface area contributed by atoms with E-state index in [2.05, 4.69) is 18.8 Å². The Balaban J connectivity index is 2.61. The molecule has 1 aromatic carbocycles. The van der Waals surface area contributed by atoms with E-state index in [1.807, 2.05) is 18.2 Å². The van der Waals surface area contributed by atoms with E-state index in [0.29, 0.717) is 0 Å². The van der Waals surface area contributed by atoms with Crippen molar-refractivity contribution in [3.8, 4) is 11.5 Å². The van der Waals surface area contributed by atoms with Crippen molar-refractivity contribution < 1.29 is 9.47 Å². The maximum absolute atomic E-state index is 5.33. The van der Waals surface area contributed by atoms with E-state index >= 15 is 0 Å². The predicted molar refractivity (Wildman–Crippen MR) is 70.7 cm³/mol. The molecule has 0 fully saturated rings. The summed E-state index contributed by atoms with van der Waals surface area (Å²) in [5.74, 6) is 1.66. The van der Waals surface area contributed by atoms with Gasteiger partial charge in [0.2, 0.25) is 0 Å². The first-order valence-corrected chi connectivity index (χ1v) is 5.79. The summed E-state index contributed by atoms with van der Waals surface area (Å²) in [4.78, 5) is 0. The van der Waals surface area contributed by atoms with Crippen molar-refractivity contribution in [1.82, 2.24) is 5.32 Å². The molecule has 3 nitrogen and oxygen atoms in total. The number of rotatable bonds is 7. The highest BCUT2D eigenvalue weighted by molar-refractivity contribution is 5.40. The largest absolute Gasteiger partial charge is 0.497 e. The van der Waals surface area contributed by atoms with Crippen LogP contribution in [0.2, 0.25) is 0 Å². The Labute approximate surface area is 103 Å². The van der Waals surface area contributed by atoms with E-state index < -0.39 is 0 Å². The molecule has 0 atom stereocenters. The van der Waals surface area contributed by atoms with Crippen molar-refractivity contribution in [1.29, 1.82) is 0 Å². The number of methoxy groups -OCH3 is 2. The average molecular weight is 235 g/mol. The van der Waals surface area contributed by atoms with E-state index in [4.69, 9.17) is 9.47 Å². The standard InChI is InChI=1S/C14H21NO2/c1-5-11(2)9-15-10-12-6-7-13(16-3)8-14(12)17-4/h6-8,15H,2,5,9-10H2,1,3-4H3. The highest BCUT2D eigenvalue weighted by Crippen LogP contribution is 2.24. The summed E-state index contributed by atoms with van der Waals surface area (Å²) in [5.41, 5.74) is 2.33. The molecule has 0 heterocycles. The third-order valence-corrected chi connectivity index (χ3v) is 2.68. The van der Waals surface area contributed by atoms with Gasteiger partial charge in [-0.25, -0.2) is 0 Å². The first kappa shape index (κ1) is 13.6. The van der Waals surface area contributed by atoms with E-state index in [1.165, 1.54) is 5.57 Å². The van der Waals surface area contributed by atoms with Crippen molar-refractivity contribution >= 4 is 0 Å². The summed E-state index contributed by atoms with van der Waals surface area (Å²) in [6, 6.07) is 5.85. The Morgan fingerprint density at radius 3 is 2.65 bits per heavy atom. The fraction of sp³-hybridized carbons (Fsp3) is 0.429. The number of hydrogen-bond acceptors (Lipinski definition) is 3. The van der Waals surface area contributed by atoms with Gasteiger partial charge in [-0.1, -0.05) is 25.1 Å². The van der Waals surface area contributed by atoms with Gasteiger partial charge in [0.25, 0.3) is 0 Å². The van der Waals surface area contributed by atoms with Crippen molar-refractivity contribution in [3.05, 3.63) is 35.9 Å². The molecule has 0 amide bonds. The van der Waals surface area contributed by atoms with Crippen molar-refractivity contribution in [2.45, 2.75) is 19.9 Å². The normalized spacial score (nSPS) is 10.1. The summed E-state index contributed by atoms with van der Waals surface area (Å²) in [5, 5.41) is 3.34. The van der Waals surface area contributed by atoms with E-state index in [-0.39, 0.29) is 0 Å². The van der Waals surface area contributed by atoms with Gasteiger partial charge in [-0.3, -0.25) is 0 Å². The number of hydrogen-bond donors (Lipinski definition) is 1. The number of ether oxygens (including phenoxy) is 2. The summed E-state index contributed by atoms with van der Waals surface area (Å²) in [6.07, 6.45) is 1.01. The third-order valence-electron chi connectivity index (χ3n) is 2.68. The van der Waals surface area contributed by atoms with E-state index in [1.54, 1.807) is 14.2 Å². The fourth-order valence-electron chi connectivity index (χ4n) is 1.50. The Morgan fingerprint density at radius 1 is 1.29 bits per heavy atom. The molecule has 0 bridgehead atoms. The average Bonchev–Trinajstić information content (AvgIpc) is 2.38. The minimum Gasteiger partial charge on any atom is -0.497 e. The molecule has 0 spiro atoms. The zero-order chi connectivity index (χ0) is 12.7. The Kier molecular flexibility index (Phi) is 5.57. The second kappa shape index (κ2) is 6.97. The monoisotopic (exact) mass is 235 g/mol. The molecule has 1 N–H and O–H groups in total. The van der Waals surface area contributed by atoms with Crippen molar-refractivity contribution in [2.75, 3.05) is 20.8 Å². The van der Waals surface area contributed by atoms with Gasteiger partial charge in [-0.2, -0.15) is 0 Å². The van der Waals surface area contributed by atoms with Crippen LogP contribution in [0.15, 0.2) is 30.4 Å². The molecule has 0 unspecified atom stereocenters. The summed E-state index contributed by atoms with van der Waals surface area (Å²) >= 11 is 0. The first-order valence-electron chi connectivity index (χ1n) is 5.79.